The Kier molecular flexibility index (Phi) is 5.44. The lowest BCUT2D eigenvalue weighted by Crippen LogP contribution is -2.33. The van der Waals surface area contributed by atoms with Crippen molar-refractivity contribution in [2.75, 3.05) is 11.4 Å². The second-order valence-electron chi connectivity index (χ2n) is 6.08. The summed E-state index contributed by atoms with van der Waals surface area (Å²) in [6.07, 6.45) is 2.23. The van der Waals surface area contributed by atoms with Crippen LogP contribution in [0.3, 0.4) is 0 Å². The average molecular weight is 340 g/mol. The van der Waals surface area contributed by atoms with Crippen molar-refractivity contribution in [3.63, 3.8) is 0 Å². The van der Waals surface area contributed by atoms with E-state index in [4.69, 9.17) is 5.14 Å². The van der Waals surface area contributed by atoms with Crippen molar-refractivity contribution in [3.05, 3.63) is 23.8 Å². The fourth-order valence-corrected chi connectivity index (χ4v) is 3.92. The monoisotopic (exact) mass is 340 g/mol. The Labute approximate surface area is 137 Å². The molecular formula is C16H24N2O4S. The summed E-state index contributed by atoms with van der Waals surface area (Å²) >= 11 is 0. The molecule has 0 saturated carbocycles. The predicted molar refractivity (Wildman–Crippen MR) is 89.1 cm³/mol. The summed E-state index contributed by atoms with van der Waals surface area (Å²) in [5, 5.41) is 15.0. The van der Waals surface area contributed by atoms with Crippen molar-refractivity contribution < 1.29 is 18.3 Å². The second kappa shape index (κ2) is 6.98. The van der Waals surface area contributed by atoms with Gasteiger partial charge in [0.05, 0.1) is 11.8 Å². The molecule has 2 rings (SSSR count). The number of hydrogen-bond acceptors (Lipinski definition) is 5. The first-order valence-corrected chi connectivity index (χ1v) is 9.43. The van der Waals surface area contributed by atoms with Gasteiger partial charge in [-0.3, -0.25) is 4.79 Å². The van der Waals surface area contributed by atoms with Crippen LogP contribution >= 0.6 is 0 Å². The third kappa shape index (κ3) is 4.10. The van der Waals surface area contributed by atoms with Crippen molar-refractivity contribution >= 4 is 21.5 Å². The lowest BCUT2D eigenvalue weighted by Gasteiger charge is -2.29. The first kappa shape index (κ1) is 17.9. The van der Waals surface area contributed by atoms with Crippen molar-refractivity contribution in [1.82, 2.24) is 0 Å². The zero-order chi connectivity index (χ0) is 17.2. The first-order chi connectivity index (χ1) is 10.7. The summed E-state index contributed by atoms with van der Waals surface area (Å²) in [7, 11) is -3.94. The van der Waals surface area contributed by atoms with Crippen LogP contribution in [0.5, 0.6) is 0 Å². The standard InChI is InChI=1S/C16H24N2O4S/c1-3-15(20)12-6-7-14(16(10-12)23(17,21)22)18-8-4-5-13(18)9-11(2)19/h6-7,10-11,13,19H,3-5,8-9H2,1-2H3,(H2,17,21,22)/t11-,13+/m1/s1. The number of rotatable bonds is 6. The van der Waals surface area contributed by atoms with Crippen LogP contribution < -0.4 is 10.0 Å². The van der Waals surface area contributed by atoms with E-state index in [-0.39, 0.29) is 16.7 Å². The molecule has 128 valence electrons. The third-order valence-electron chi connectivity index (χ3n) is 4.21. The fraction of sp³-hybridized carbons (Fsp3) is 0.562. The number of anilines is 1. The molecule has 0 spiro atoms. The zero-order valence-corrected chi connectivity index (χ0v) is 14.3. The molecule has 23 heavy (non-hydrogen) atoms. The van der Waals surface area contributed by atoms with Gasteiger partial charge in [-0.15, -0.1) is 0 Å². The Hall–Kier alpha value is -1.44. The summed E-state index contributed by atoms with van der Waals surface area (Å²) in [5.41, 5.74) is 0.870. The number of aliphatic hydroxyl groups excluding tert-OH is 1. The van der Waals surface area contributed by atoms with Gasteiger partial charge in [0.25, 0.3) is 0 Å². The predicted octanol–water partition coefficient (Wildman–Crippen LogP) is 1.67. The van der Waals surface area contributed by atoms with Crippen LogP contribution in [-0.2, 0) is 10.0 Å². The summed E-state index contributed by atoms with van der Waals surface area (Å²) in [6.45, 7) is 4.16. The molecule has 3 N–H and O–H groups in total. The molecule has 2 atom stereocenters. The Morgan fingerprint density at radius 1 is 1.48 bits per heavy atom. The highest BCUT2D eigenvalue weighted by molar-refractivity contribution is 7.89. The minimum atomic E-state index is -3.94. The summed E-state index contributed by atoms with van der Waals surface area (Å²) in [5.74, 6) is -0.122. The van der Waals surface area contributed by atoms with E-state index in [9.17, 15) is 18.3 Å². The normalized spacial score (nSPS) is 19.8. The number of hydrogen-bond donors (Lipinski definition) is 2. The molecule has 0 unspecified atom stereocenters. The highest BCUT2D eigenvalue weighted by Gasteiger charge is 2.30. The number of nitrogens with two attached hydrogens (primary N) is 1. The molecular weight excluding hydrogens is 316 g/mol. The lowest BCUT2D eigenvalue weighted by molar-refractivity contribution is 0.0988. The van der Waals surface area contributed by atoms with Gasteiger partial charge in [0.1, 0.15) is 4.90 Å². The van der Waals surface area contributed by atoms with Gasteiger partial charge in [0.2, 0.25) is 10.0 Å². The average Bonchev–Trinajstić information content (AvgIpc) is 2.92. The summed E-state index contributed by atoms with van der Waals surface area (Å²) in [6, 6.07) is 4.74. The van der Waals surface area contributed by atoms with Gasteiger partial charge in [-0.2, -0.15) is 0 Å². The number of primary sulfonamides is 1. The highest BCUT2D eigenvalue weighted by atomic mass is 32.2. The SMILES string of the molecule is CCC(=O)c1ccc(N2CCC[C@H]2C[C@@H](C)O)c(S(N)(=O)=O)c1. The molecule has 7 heteroatoms. The molecule has 0 aromatic heterocycles. The van der Waals surface area contributed by atoms with Gasteiger partial charge in [-0.25, -0.2) is 13.6 Å². The number of aliphatic hydroxyl groups is 1. The van der Waals surface area contributed by atoms with Gasteiger partial charge in [-0.05, 0) is 44.4 Å². The second-order valence-corrected chi connectivity index (χ2v) is 7.61. The van der Waals surface area contributed by atoms with Crippen molar-refractivity contribution in [2.45, 2.75) is 56.6 Å². The number of nitrogens with zero attached hydrogens (tertiary/aromatic N) is 1. The molecule has 1 aromatic carbocycles. The minimum Gasteiger partial charge on any atom is -0.393 e. The van der Waals surface area contributed by atoms with Crippen LogP contribution in [0.1, 0.15) is 49.9 Å². The third-order valence-corrected chi connectivity index (χ3v) is 5.15. The largest absolute Gasteiger partial charge is 0.393 e. The molecule has 1 aromatic rings. The minimum absolute atomic E-state index is 0.0192. The highest BCUT2D eigenvalue weighted by Crippen LogP contribution is 2.33. The van der Waals surface area contributed by atoms with E-state index < -0.39 is 16.1 Å². The Morgan fingerprint density at radius 3 is 2.74 bits per heavy atom. The van der Waals surface area contributed by atoms with Crippen LogP contribution in [0, 0.1) is 0 Å². The Morgan fingerprint density at radius 2 is 2.17 bits per heavy atom. The number of ketones is 1. The lowest BCUT2D eigenvalue weighted by atomic mass is 10.1. The van der Waals surface area contributed by atoms with Gasteiger partial charge in [0, 0.05) is 24.6 Å². The Balaban J connectivity index is 2.47. The number of carbonyl (C=O) groups excluding carboxylic acids is 1. The van der Waals surface area contributed by atoms with Gasteiger partial charge >= 0.3 is 0 Å². The van der Waals surface area contributed by atoms with Crippen LogP contribution in [0.2, 0.25) is 0 Å². The van der Waals surface area contributed by atoms with E-state index in [1.807, 2.05) is 4.90 Å². The molecule has 1 aliphatic rings. The molecule has 0 bridgehead atoms. The Bertz CT molecular complexity index is 685. The van der Waals surface area contributed by atoms with Gasteiger partial charge < -0.3 is 10.0 Å². The molecule has 0 amide bonds. The molecule has 0 aliphatic carbocycles. The molecule has 0 radical (unpaired) electrons. The molecule has 1 heterocycles. The van der Waals surface area contributed by atoms with E-state index >= 15 is 0 Å². The van der Waals surface area contributed by atoms with Gasteiger partial charge in [0.15, 0.2) is 5.78 Å². The van der Waals surface area contributed by atoms with Crippen molar-refractivity contribution in [3.8, 4) is 0 Å². The maximum Gasteiger partial charge on any atom is 0.240 e. The number of Topliss-reactive ketones (excluding diaryl/α,β-unsaturated/α-hetero) is 1. The van der Waals surface area contributed by atoms with E-state index in [0.29, 0.717) is 30.6 Å². The zero-order valence-electron chi connectivity index (χ0n) is 13.5. The maximum atomic E-state index is 12.0. The molecule has 1 aliphatic heterocycles. The van der Waals surface area contributed by atoms with E-state index in [1.165, 1.54) is 6.07 Å². The van der Waals surface area contributed by atoms with E-state index in [2.05, 4.69) is 0 Å². The van der Waals surface area contributed by atoms with Crippen LogP contribution in [0.15, 0.2) is 23.1 Å². The molecule has 1 saturated heterocycles. The summed E-state index contributed by atoms with van der Waals surface area (Å²) < 4.78 is 24.0. The van der Waals surface area contributed by atoms with Crippen LogP contribution in [-0.4, -0.2) is 38.0 Å². The smallest absolute Gasteiger partial charge is 0.240 e. The summed E-state index contributed by atoms with van der Waals surface area (Å²) in [4.78, 5) is 13.8. The van der Waals surface area contributed by atoms with Crippen molar-refractivity contribution in [2.24, 2.45) is 5.14 Å². The van der Waals surface area contributed by atoms with E-state index in [0.717, 1.165) is 12.8 Å². The number of benzene rings is 1. The van der Waals surface area contributed by atoms with Gasteiger partial charge in [-0.1, -0.05) is 6.92 Å². The molecule has 6 nitrogen and oxygen atoms in total. The molecule has 1 fully saturated rings. The van der Waals surface area contributed by atoms with Crippen LogP contribution in [0.25, 0.3) is 0 Å². The first-order valence-electron chi connectivity index (χ1n) is 7.88. The number of carbonyl (C=O) groups is 1. The maximum absolute atomic E-state index is 12.0. The quantitative estimate of drug-likeness (QED) is 0.767. The van der Waals surface area contributed by atoms with Crippen molar-refractivity contribution in [1.29, 1.82) is 0 Å². The number of sulfonamides is 1. The van der Waals surface area contributed by atoms with Crippen LogP contribution in [0.4, 0.5) is 5.69 Å². The van der Waals surface area contributed by atoms with E-state index in [1.54, 1.807) is 26.0 Å². The fourth-order valence-electron chi connectivity index (χ4n) is 3.15. The topological polar surface area (TPSA) is 101 Å².